The van der Waals surface area contributed by atoms with Crippen molar-refractivity contribution in [2.75, 3.05) is 32.1 Å². The predicted octanol–water partition coefficient (Wildman–Crippen LogP) is 7.17. The standard InChI is InChI=1S/C36H35F3N4O2/c1-41(2)31-18-12-27(13-19-31)23-42(21-20-29-22-40-33-11-7-6-10-32(29)33)34(44)25-43(24-26-8-4-3-5-9-26)35(45)28-14-16-30(17-15-28)36(37,38)39/h3-19,22,40H,20-21,23-25H2,1-2H3. The number of aromatic amines is 1. The van der Waals surface area contributed by atoms with Crippen molar-refractivity contribution in [1.29, 1.82) is 0 Å². The number of nitrogens with one attached hydrogen (secondary N) is 1. The molecule has 232 valence electrons. The van der Waals surface area contributed by atoms with Gasteiger partial charge in [-0.15, -0.1) is 0 Å². The second-order valence-electron chi connectivity index (χ2n) is 11.2. The largest absolute Gasteiger partial charge is 0.416 e. The third-order valence-electron chi connectivity index (χ3n) is 7.79. The van der Waals surface area contributed by atoms with Crippen molar-refractivity contribution in [3.05, 3.63) is 137 Å². The van der Waals surface area contributed by atoms with E-state index in [9.17, 15) is 22.8 Å². The van der Waals surface area contributed by atoms with E-state index in [1.165, 1.54) is 4.90 Å². The summed E-state index contributed by atoms with van der Waals surface area (Å²) in [7, 11) is 3.92. The van der Waals surface area contributed by atoms with Crippen LogP contribution in [0.5, 0.6) is 0 Å². The average molecular weight is 613 g/mol. The van der Waals surface area contributed by atoms with Crippen LogP contribution in [-0.2, 0) is 30.5 Å². The minimum Gasteiger partial charge on any atom is -0.378 e. The van der Waals surface area contributed by atoms with Gasteiger partial charge in [-0.25, -0.2) is 0 Å². The van der Waals surface area contributed by atoms with E-state index in [2.05, 4.69) is 4.98 Å². The molecule has 1 N–H and O–H groups in total. The molecule has 0 unspecified atom stereocenters. The molecule has 0 aliphatic carbocycles. The Kier molecular flexibility index (Phi) is 9.56. The number of amides is 2. The Morgan fingerprint density at radius 3 is 2.02 bits per heavy atom. The van der Waals surface area contributed by atoms with E-state index in [1.807, 2.05) is 104 Å². The number of H-pyrrole nitrogens is 1. The number of halogens is 3. The van der Waals surface area contributed by atoms with Gasteiger partial charge in [0.05, 0.1) is 5.56 Å². The lowest BCUT2D eigenvalue weighted by atomic mass is 10.1. The summed E-state index contributed by atoms with van der Waals surface area (Å²) >= 11 is 0. The quantitative estimate of drug-likeness (QED) is 0.172. The Morgan fingerprint density at radius 2 is 1.36 bits per heavy atom. The number of fused-ring (bicyclic) bond motifs is 1. The number of carbonyl (C=O) groups excluding carboxylic acids is 2. The summed E-state index contributed by atoms with van der Waals surface area (Å²) in [5.41, 5.74) is 4.11. The Bertz CT molecular complexity index is 1730. The Balaban J connectivity index is 1.41. The van der Waals surface area contributed by atoms with Gasteiger partial charge in [0.1, 0.15) is 6.54 Å². The number of hydrogen-bond donors (Lipinski definition) is 1. The number of aromatic nitrogens is 1. The van der Waals surface area contributed by atoms with Gasteiger partial charge in [0.25, 0.3) is 5.91 Å². The second kappa shape index (κ2) is 13.7. The summed E-state index contributed by atoms with van der Waals surface area (Å²) < 4.78 is 39.5. The maximum absolute atomic E-state index is 14.0. The SMILES string of the molecule is CN(C)c1ccc(CN(CCc2c[nH]c3ccccc23)C(=O)CN(Cc2ccccc2)C(=O)c2ccc(C(F)(F)F)cc2)cc1. The lowest BCUT2D eigenvalue weighted by molar-refractivity contribution is -0.137. The molecule has 0 radical (unpaired) electrons. The first-order valence-corrected chi connectivity index (χ1v) is 14.7. The molecular weight excluding hydrogens is 577 g/mol. The van der Waals surface area contributed by atoms with E-state index in [4.69, 9.17) is 0 Å². The minimum atomic E-state index is -4.52. The fourth-order valence-electron chi connectivity index (χ4n) is 5.26. The van der Waals surface area contributed by atoms with Crippen LogP contribution in [0, 0.1) is 0 Å². The molecule has 5 aromatic rings. The van der Waals surface area contributed by atoms with E-state index in [0.29, 0.717) is 19.5 Å². The van der Waals surface area contributed by atoms with Crippen molar-refractivity contribution in [2.24, 2.45) is 0 Å². The minimum absolute atomic E-state index is 0.0800. The molecule has 4 aromatic carbocycles. The lowest BCUT2D eigenvalue weighted by Crippen LogP contribution is -2.43. The van der Waals surface area contributed by atoms with E-state index in [1.54, 1.807) is 4.90 Å². The van der Waals surface area contributed by atoms with Crippen LogP contribution in [0.2, 0.25) is 0 Å². The molecule has 1 aromatic heterocycles. The summed E-state index contributed by atoms with van der Waals surface area (Å²) in [5, 5.41) is 1.09. The Morgan fingerprint density at radius 1 is 0.733 bits per heavy atom. The third kappa shape index (κ3) is 7.92. The average Bonchev–Trinajstić information content (AvgIpc) is 3.45. The highest BCUT2D eigenvalue weighted by Gasteiger charge is 2.31. The molecule has 2 amide bonds. The van der Waals surface area contributed by atoms with Gasteiger partial charge in [-0.1, -0.05) is 60.7 Å². The van der Waals surface area contributed by atoms with Gasteiger partial charge < -0.3 is 19.7 Å². The second-order valence-corrected chi connectivity index (χ2v) is 11.2. The number of nitrogens with zero attached hydrogens (tertiary/aromatic N) is 3. The molecule has 0 spiro atoms. The molecular formula is C36H35F3N4O2. The van der Waals surface area contributed by atoms with Crippen molar-refractivity contribution in [3.63, 3.8) is 0 Å². The monoisotopic (exact) mass is 612 g/mol. The fourth-order valence-corrected chi connectivity index (χ4v) is 5.26. The smallest absolute Gasteiger partial charge is 0.378 e. The first kappa shape index (κ1) is 31.4. The van der Waals surface area contributed by atoms with Crippen LogP contribution in [0.1, 0.15) is 32.6 Å². The van der Waals surface area contributed by atoms with Crippen molar-refractivity contribution in [3.8, 4) is 0 Å². The van der Waals surface area contributed by atoms with Crippen LogP contribution in [-0.4, -0.2) is 53.8 Å². The Hall–Kier alpha value is -5.05. The topological polar surface area (TPSA) is 59.7 Å². The molecule has 6 nitrogen and oxygen atoms in total. The van der Waals surface area contributed by atoms with Crippen LogP contribution >= 0.6 is 0 Å². The van der Waals surface area contributed by atoms with Crippen LogP contribution in [0.4, 0.5) is 18.9 Å². The third-order valence-corrected chi connectivity index (χ3v) is 7.79. The van der Waals surface area contributed by atoms with Crippen molar-refractivity contribution in [2.45, 2.75) is 25.7 Å². The number of alkyl halides is 3. The zero-order valence-electron chi connectivity index (χ0n) is 25.2. The van der Waals surface area contributed by atoms with Gasteiger partial charge in [0.15, 0.2) is 0 Å². The van der Waals surface area contributed by atoms with Crippen LogP contribution in [0.15, 0.2) is 109 Å². The molecule has 5 rings (SSSR count). The number of benzene rings is 4. The number of carbonyl (C=O) groups is 2. The van der Waals surface area contributed by atoms with Crippen molar-refractivity contribution in [1.82, 2.24) is 14.8 Å². The predicted molar refractivity (Wildman–Crippen MR) is 171 cm³/mol. The number of hydrogen-bond acceptors (Lipinski definition) is 3. The Labute approximate surface area is 260 Å². The molecule has 45 heavy (non-hydrogen) atoms. The first-order chi connectivity index (χ1) is 21.6. The maximum atomic E-state index is 14.0. The summed E-state index contributed by atoms with van der Waals surface area (Å²) in [4.78, 5) is 36.1. The summed E-state index contributed by atoms with van der Waals surface area (Å²) in [5.74, 6) is -0.782. The summed E-state index contributed by atoms with van der Waals surface area (Å²) in [6.45, 7) is 0.630. The highest BCUT2D eigenvalue weighted by molar-refractivity contribution is 5.96. The number of rotatable bonds is 11. The molecule has 0 saturated carbocycles. The molecule has 0 atom stereocenters. The van der Waals surface area contributed by atoms with Gasteiger partial charge in [-0.2, -0.15) is 13.2 Å². The van der Waals surface area contributed by atoms with Gasteiger partial charge in [-0.05, 0) is 65.6 Å². The molecule has 9 heteroatoms. The molecule has 0 aliphatic heterocycles. The van der Waals surface area contributed by atoms with Gasteiger partial charge in [0, 0.05) is 62.1 Å². The molecule has 0 fully saturated rings. The molecule has 0 saturated heterocycles. The molecule has 0 aliphatic rings. The summed E-state index contributed by atoms with van der Waals surface area (Å²) in [6, 6.07) is 29.3. The van der Waals surface area contributed by atoms with Crippen LogP contribution in [0.3, 0.4) is 0 Å². The normalized spacial score (nSPS) is 11.4. The molecule has 1 heterocycles. The van der Waals surface area contributed by atoms with E-state index in [-0.39, 0.29) is 24.6 Å². The van der Waals surface area contributed by atoms with E-state index in [0.717, 1.165) is 57.5 Å². The van der Waals surface area contributed by atoms with Crippen molar-refractivity contribution < 1.29 is 22.8 Å². The van der Waals surface area contributed by atoms with Gasteiger partial charge in [-0.3, -0.25) is 9.59 Å². The molecule has 0 bridgehead atoms. The first-order valence-electron chi connectivity index (χ1n) is 14.7. The van der Waals surface area contributed by atoms with Crippen LogP contribution in [0.25, 0.3) is 10.9 Å². The number of para-hydroxylation sites is 1. The van der Waals surface area contributed by atoms with Crippen LogP contribution < -0.4 is 4.90 Å². The number of anilines is 1. The highest BCUT2D eigenvalue weighted by Crippen LogP contribution is 2.29. The van der Waals surface area contributed by atoms with E-state index < -0.39 is 17.6 Å². The maximum Gasteiger partial charge on any atom is 0.416 e. The zero-order chi connectivity index (χ0) is 32.0. The lowest BCUT2D eigenvalue weighted by Gasteiger charge is -2.28. The van der Waals surface area contributed by atoms with Gasteiger partial charge in [0.2, 0.25) is 5.91 Å². The fraction of sp³-hybridized carbons (Fsp3) is 0.222. The van der Waals surface area contributed by atoms with E-state index >= 15 is 0 Å². The van der Waals surface area contributed by atoms with Gasteiger partial charge >= 0.3 is 6.18 Å². The van der Waals surface area contributed by atoms with Crippen molar-refractivity contribution >= 4 is 28.4 Å². The summed E-state index contributed by atoms with van der Waals surface area (Å²) in [6.07, 6.45) is -1.97. The zero-order valence-corrected chi connectivity index (χ0v) is 25.2. The highest BCUT2D eigenvalue weighted by atomic mass is 19.4.